The average molecular weight is 439 g/mol. The first-order valence-corrected chi connectivity index (χ1v) is 11.1. The minimum atomic E-state index is -0.293. The molecule has 166 valence electrons. The second kappa shape index (κ2) is 9.30. The van der Waals surface area contributed by atoms with Crippen molar-refractivity contribution in [1.29, 1.82) is 0 Å². The van der Waals surface area contributed by atoms with Crippen LogP contribution in [0.3, 0.4) is 0 Å². The van der Waals surface area contributed by atoms with Crippen LogP contribution in [0.2, 0.25) is 0 Å². The van der Waals surface area contributed by atoms with Gasteiger partial charge in [0, 0.05) is 36.3 Å². The summed E-state index contributed by atoms with van der Waals surface area (Å²) in [5.41, 5.74) is 4.64. The maximum atomic E-state index is 13.5. The summed E-state index contributed by atoms with van der Waals surface area (Å²) in [6, 6.07) is 25.6. The molecule has 0 fully saturated rings. The van der Waals surface area contributed by atoms with E-state index >= 15 is 0 Å². The zero-order chi connectivity index (χ0) is 22.6. The normalized spacial score (nSPS) is 12.3. The third-order valence-electron chi connectivity index (χ3n) is 5.92. The van der Waals surface area contributed by atoms with Gasteiger partial charge in [0.05, 0.1) is 23.7 Å². The van der Waals surface area contributed by atoms with Gasteiger partial charge in [0.2, 0.25) is 0 Å². The number of carbonyl (C=O) groups excluding carboxylic acids is 1. The van der Waals surface area contributed by atoms with Crippen LogP contribution in [-0.4, -0.2) is 34.2 Å². The van der Waals surface area contributed by atoms with Crippen molar-refractivity contribution in [3.63, 3.8) is 0 Å². The Hall–Kier alpha value is -3.90. The Labute approximate surface area is 192 Å². The minimum Gasteiger partial charge on any atom is -0.383 e. The molecule has 0 saturated carbocycles. The van der Waals surface area contributed by atoms with Gasteiger partial charge in [-0.05, 0) is 42.3 Å². The predicted octanol–water partition coefficient (Wildman–Crippen LogP) is 4.88. The Kier molecular flexibility index (Phi) is 5.91. The number of amides is 1. The molecule has 1 amide bonds. The third-order valence-corrected chi connectivity index (χ3v) is 5.92. The van der Waals surface area contributed by atoms with Gasteiger partial charge in [-0.1, -0.05) is 48.5 Å². The Morgan fingerprint density at radius 1 is 1.03 bits per heavy atom. The standard InChI is InChI=1S/C27H26N4O2/c1-33-17-16-31-15-14-20-21(10-7-13-25(20)31)27(32)30-24(18-19-8-3-2-4-9-19)26-28-22-11-5-6-12-23(22)29-26/h2-15,24H,16-18H2,1H3,(H,28,29)(H,30,32)/t24-/m0/s1. The summed E-state index contributed by atoms with van der Waals surface area (Å²) in [5, 5.41) is 4.16. The quantitative estimate of drug-likeness (QED) is 0.363. The number of ether oxygens (including phenoxy) is 1. The number of fused-ring (bicyclic) bond motifs is 2. The first-order valence-electron chi connectivity index (χ1n) is 11.1. The molecule has 2 aromatic heterocycles. The largest absolute Gasteiger partial charge is 0.383 e. The number of nitrogens with one attached hydrogen (secondary N) is 2. The molecule has 0 aliphatic rings. The van der Waals surface area contributed by atoms with E-state index in [2.05, 4.69) is 27.0 Å². The van der Waals surface area contributed by atoms with Crippen molar-refractivity contribution in [2.45, 2.75) is 19.0 Å². The third kappa shape index (κ3) is 4.38. The first-order chi connectivity index (χ1) is 16.2. The maximum absolute atomic E-state index is 13.5. The Morgan fingerprint density at radius 2 is 1.85 bits per heavy atom. The van der Waals surface area contributed by atoms with Crippen LogP contribution in [0, 0.1) is 0 Å². The fourth-order valence-corrected chi connectivity index (χ4v) is 4.25. The molecular weight excluding hydrogens is 412 g/mol. The highest BCUT2D eigenvalue weighted by molar-refractivity contribution is 6.06. The molecule has 0 aliphatic carbocycles. The lowest BCUT2D eigenvalue weighted by Crippen LogP contribution is -2.31. The number of rotatable bonds is 8. The lowest BCUT2D eigenvalue weighted by Gasteiger charge is -2.17. The number of methoxy groups -OCH3 is 1. The number of aromatic nitrogens is 3. The van der Waals surface area contributed by atoms with Crippen LogP contribution in [0.15, 0.2) is 85.1 Å². The van der Waals surface area contributed by atoms with Gasteiger partial charge < -0.3 is 19.6 Å². The van der Waals surface area contributed by atoms with Crippen molar-refractivity contribution < 1.29 is 9.53 Å². The number of nitrogens with zero attached hydrogens (tertiary/aromatic N) is 2. The van der Waals surface area contributed by atoms with E-state index in [1.807, 2.05) is 72.9 Å². The molecule has 0 aliphatic heterocycles. The van der Waals surface area contributed by atoms with Crippen molar-refractivity contribution in [2.24, 2.45) is 0 Å². The van der Waals surface area contributed by atoms with Crippen LogP contribution < -0.4 is 5.32 Å². The van der Waals surface area contributed by atoms with Crippen LogP contribution in [0.5, 0.6) is 0 Å². The average Bonchev–Trinajstić information content (AvgIpc) is 3.47. The van der Waals surface area contributed by atoms with Crippen molar-refractivity contribution in [2.75, 3.05) is 13.7 Å². The number of benzene rings is 3. The number of imidazole rings is 1. The SMILES string of the molecule is COCCn1ccc2c(C(=O)N[C@@H](Cc3ccccc3)c3nc4ccccc4[nH]3)cccc21. The van der Waals surface area contributed by atoms with Gasteiger partial charge >= 0.3 is 0 Å². The zero-order valence-corrected chi connectivity index (χ0v) is 18.5. The van der Waals surface area contributed by atoms with E-state index in [9.17, 15) is 4.79 Å². The molecule has 3 aromatic carbocycles. The second-order valence-corrected chi connectivity index (χ2v) is 8.10. The van der Waals surface area contributed by atoms with Crippen LogP contribution in [0.4, 0.5) is 0 Å². The molecule has 0 unspecified atom stereocenters. The highest BCUT2D eigenvalue weighted by atomic mass is 16.5. The smallest absolute Gasteiger partial charge is 0.252 e. The predicted molar refractivity (Wildman–Crippen MR) is 130 cm³/mol. The molecule has 5 rings (SSSR count). The van der Waals surface area contributed by atoms with Crippen molar-refractivity contribution in [3.8, 4) is 0 Å². The van der Waals surface area contributed by atoms with E-state index in [4.69, 9.17) is 9.72 Å². The molecule has 0 spiro atoms. The van der Waals surface area contributed by atoms with Gasteiger partial charge in [0.25, 0.3) is 5.91 Å². The molecule has 6 heteroatoms. The van der Waals surface area contributed by atoms with Crippen molar-refractivity contribution in [1.82, 2.24) is 19.9 Å². The number of hydrogen-bond donors (Lipinski definition) is 2. The van der Waals surface area contributed by atoms with Crippen LogP contribution in [-0.2, 0) is 17.7 Å². The highest BCUT2D eigenvalue weighted by Gasteiger charge is 2.21. The molecule has 0 saturated heterocycles. The highest BCUT2D eigenvalue weighted by Crippen LogP contribution is 2.24. The van der Waals surface area contributed by atoms with E-state index in [0.717, 1.165) is 39.9 Å². The molecule has 6 nitrogen and oxygen atoms in total. The minimum absolute atomic E-state index is 0.119. The Balaban J connectivity index is 1.47. The molecule has 2 heterocycles. The van der Waals surface area contributed by atoms with Gasteiger partial charge in [0.1, 0.15) is 5.82 Å². The second-order valence-electron chi connectivity index (χ2n) is 8.10. The molecule has 0 radical (unpaired) electrons. The summed E-state index contributed by atoms with van der Waals surface area (Å²) >= 11 is 0. The molecule has 2 N–H and O–H groups in total. The first kappa shape index (κ1) is 21.0. The van der Waals surface area contributed by atoms with E-state index in [0.29, 0.717) is 18.6 Å². The van der Waals surface area contributed by atoms with E-state index in [-0.39, 0.29) is 11.9 Å². The summed E-state index contributed by atoms with van der Waals surface area (Å²) in [6.45, 7) is 1.35. The van der Waals surface area contributed by atoms with Crippen LogP contribution in [0.25, 0.3) is 21.9 Å². The van der Waals surface area contributed by atoms with Gasteiger partial charge in [-0.3, -0.25) is 4.79 Å². The molecule has 33 heavy (non-hydrogen) atoms. The monoisotopic (exact) mass is 438 g/mol. The lowest BCUT2D eigenvalue weighted by atomic mass is 10.0. The summed E-state index contributed by atoms with van der Waals surface area (Å²) in [6.07, 6.45) is 2.64. The van der Waals surface area contributed by atoms with Crippen LogP contribution in [0.1, 0.15) is 27.8 Å². The number of para-hydroxylation sites is 2. The topological polar surface area (TPSA) is 71.9 Å². The summed E-state index contributed by atoms with van der Waals surface area (Å²) in [4.78, 5) is 21.6. The van der Waals surface area contributed by atoms with Gasteiger partial charge in [0.15, 0.2) is 0 Å². The Bertz CT molecular complexity index is 1350. The maximum Gasteiger partial charge on any atom is 0.252 e. The Morgan fingerprint density at radius 3 is 2.67 bits per heavy atom. The fraction of sp³-hybridized carbons (Fsp3) is 0.185. The molecule has 1 atom stereocenters. The molecule has 5 aromatic rings. The number of carbonyl (C=O) groups is 1. The summed E-state index contributed by atoms with van der Waals surface area (Å²) < 4.78 is 7.32. The number of hydrogen-bond acceptors (Lipinski definition) is 3. The molecular formula is C27H26N4O2. The number of H-pyrrole nitrogens is 1. The van der Waals surface area contributed by atoms with Gasteiger partial charge in [-0.2, -0.15) is 0 Å². The fourth-order valence-electron chi connectivity index (χ4n) is 4.25. The van der Waals surface area contributed by atoms with Gasteiger partial charge in [-0.15, -0.1) is 0 Å². The van der Waals surface area contributed by atoms with Crippen molar-refractivity contribution in [3.05, 3.63) is 102 Å². The van der Waals surface area contributed by atoms with Crippen molar-refractivity contribution >= 4 is 27.8 Å². The number of aromatic amines is 1. The van der Waals surface area contributed by atoms with Crippen LogP contribution >= 0.6 is 0 Å². The zero-order valence-electron chi connectivity index (χ0n) is 18.5. The van der Waals surface area contributed by atoms with E-state index < -0.39 is 0 Å². The lowest BCUT2D eigenvalue weighted by molar-refractivity contribution is 0.0936. The summed E-state index contributed by atoms with van der Waals surface area (Å²) in [5.74, 6) is 0.629. The van der Waals surface area contributed by atoms with E-state index in [1.54, 1.807) is 7.11 Å². The summed E-state index contributed by atoms with van der Waals surface area (Å²) in [7, 11) is 1.69. The van der Waals surface area contributed by atoms with Gasteiger partial charge in [-0.25, -0.2) is 4.98 Å². The molecule has 0 bridgehead atoms. The van der Waals surface area contributed by atoms with E-state index in [1.165, 1.54) is 0 Å².